The molecule has 1 aliphatic heterocycles. The average Bonchev–Trinajstić information content (AvgIpc) is 3.76. The number of methoxy groups -OCH3 is 1. The van der Waals surface area contributed by atoms with Crippen LogP contribution < -0.4 is 4.90 Å². The van der Waals surface area contributed by atoms with Gasteiger partial charge in [-0.2, -0.15) is 0 Å². The first kappa shape index (κ1) is 20.5. The van der Waals surface area contributed by atoms with Gasteiger partial charge in [-0.3, -0.25) is 14.7 Å². The molecule has 1 aliphatic carbocycles. The molecule has 1 saturated carbocycles. The summed E-state index contributed by atoms with van der Waals surface area (Å²) in [6.45, 7) is -1.95. The highest BCUT2D eigenvalue weighted by atomic mass is 79.9. The molecule has 1 saturated heterocycles. The van der Waals surface area contributed by atoms with Crippen molar-refractivity contribution in [1.29, 1.82) is 0 Å². The highest BCUT2D eigenvalue weighted by Gasteiger charge is 2.32. The molecule has 0 N–H and O–H groups in total. The van der Waals surface area contributed by atoms with E-state index in [0.717, 1.165) is 31.5 Å². The molecule has 40 heavy (non-hydrogen) atoms. The molecule has 0 unspecified atom stereocenters. The lowest BCUT2D eigenvalue weighted by Gasteiger charge is -2.36. The Bertz CT molecular complexity index is 1700. The molecule has 1 aromatic carbocycles. The lowest BCUT2D eigenvalue weighted by Crippen LogP contribution is -2.47. The van der Waals surface area contributed by atoms with Crippen LogP contribution in [0.4, 0.5) is 5.69 Å². The summed E-state index contributed by atoms with van der Waals surface area (Å²) >= 11 is 3.61. The predicted octanol–water partition coefficient (Wildman–Crippen LogP) is 6.61. The van der Waals surface area contributed by atoms with Crippen molar-refractivity contribution in [1.82, 2.24) is 14.5 Å². The van der Waals surface area contributed by atoms with E-state index in [1.807, 2.05) is 45.9 Å². The van der Waals surface area contributed by atoms with Gasteiger partial charge in [0, 0.05) is 84.4 Å². The average molecular weight is 620 g/mol. The van der Waals surface area contributed by atoms with Gasteiger partial charge in [-0.15, -0.1) is 0 Å². The minimum Gasteiger partial charge on any atom is -0.465 e. The van der Waals surface area contributed by atoms with Gasteiger partial charge in [0.1, 0.15) is 0 Å². The second-order valence-electron chi connectivity index (χ2n) is 11.2. The zero-order valence-electron chi connectivity index (χ0n) is 32.0. The Morgan fingerprint density at radius 3 is 2.58 bits per heavy atom. The zero-order valence-corrected chi connectivity index (χ0v) is 25.6. The number of fused-ring (bicyclic) bond motifs is 1. The lowest BCUT2D eigenvalue weighted by atomic mass is 9.84. The van der Waals surface area contributed by atoms with Gasteiger partial charge in [0.15, 0.2) is 0 Å². The van der Waals surface area contributed by atoms with Gasteiger partial charge in [0.25, 0.3) is 0 Å². The molecule has 0 amide bonds. The quantitative estimate of drug-likeness (QED) is 0.238. The zero-order chi connectivity index (χ0) is 35.8. The number of halogens is 1. The van der Waals surface area contributed by atoms with Gasteiger partial charge in [-0.05, 0) is 62.9 Å². The molecule has 2 aliphatic rings. The van der Waals surface area contributed by atoms with Crippen molar-refractivity contribution in [2.75, 3.05) is 44.6 Å². The number of anilines is 1. The molecule has 3 heterocycles. The second-order valence-corrected chi connectivity index (χ2v) is 12.2. The van der Waals surface area contributed by atoms with Gasteiger partial charge < -0.3 is 18.9 Å². The van der Waals surface area contributed by atoms with Crippen molar-refractivity contribution in [2.24, 2.45) is 5.41 Å². The Labute approximate surface area is 258 Å². The van der Waals surface area contributed by atoms with E-state index >= 15 is 0 Å². The van der Waals surface area contributed by atoms with E-state index in [1.165, 1.54) is 20.2 Å². The lowest BCUT2D eigenvalue weighted by molar-refractivity contribution is -0.143. The Balaban J connectivity index is 1.81. The number of carbonyl (C=O) groups excluding carboxylic acids is 1. The maximum atomic E-state index is 11.8. The van der Waals surface area contributed by atoms with Crippen LogP contribution in [0.3, 0.4) is 0 Å². The highest BCUT2D eigenvalue weighted by Crippen LogP contribution is 2.42. The minimum atomic E-state index is -3.00. The number of aryl methyl sites for hydroxylation is 1. The van der Waals surface area contributed by atoms with Crippen LogP contribution in [0.2, 0.25) is 0 Å². The van der Waals surface area contributed by atoms with Crippen LogP contribution in [-0.4, -0.2) is 66.2 Å². The SMILES string of the molecule is [2H]C1([2H])N(c2cnc([C@H](C)OC)c(-c3c(CC(C)(C)COC(C)=O)c4cc(Br)ccc4n3CC)c2)C([2H])([2H])C([2H])([2H])N(C2CC2)C1([2H])[2H]. The molecule has 0 radical (unpaired) electrons. The minimum absolute atomic E-state index is 0.116. The molecule has 216 valence electrons. The number of benzene rings is 1. The van der Waals surface area contributed by atoms with E-state index in [9.17, 15) is 4.79 Å². The van der Waals surface area contributed by atoms with Gasteiger partial charge in [-0.25, -0.2) is 0 Å². The highest BCUT2D eigenvalue weighted by molar-refractivity contribution is 9.10. The predicted molar refractivity (Wildman–Crippen MR) is 165 cm³/mol. The van der Waals surface area contributed by atoms with Crippen molar-refractivity contribution in [3.63, 3.8) is 0 Å². The van der Waals surface area contributed by atoms with Crippen LogP contribution in [0.1, 0.15) is 75.8 Å². The van der Waals surface area contributed by atoms with Crippen molar-refractivity contribution < 1.29 is 25.2 Å². The van der Waals surface area contributed by atoms with E-state index in [0.29, 0.717) is 42.0 Å². The fraction of sp³-hybridized carbons (Fsp3) is 0.562. The number of hydrogen-bond acceptors (Lipinski definition) is 6. The third kappa shape index (κ3) is 6.09. The third-order valence-corrected chi connectivity index (χ3v) is 7.89. The molecular formula is C32H43BrN4O3. The Morgan fingerprint density at radius 1 is 1.23 bits per heavy atom. The van der Waals surface area contributed by atoms with E-state index in [4.69, 9.17) is 25.4 Å². The van der Waals surface area contributed by atoms with Crippen LogP contribution in [0.25, 0.3) is 22.2 Å². The van der Waals surface area contributed by atoms with E-state index in [2.05, 4.69) is 20.5 Å². The summed E-state index contributed by atoms with van der Waals surface area (Å²) in [5, 5.41) is 0.926. The largest absolute Gasteiger partial charge is 0.465 e. The number of hydrogen-bond donors (Lipinski definition) is 0. The van der Waals surface area contributed by atoms with Crippen molar-refractivity contribution in [3.05, 3.63) is 46.2 Å². The van der Waals surface area contributed by atoms with Crippen LogP contribution in [-0.2, 0) is 27.2 Å². The van der Waals surface area contributed by atoms with Gasteiger partial charge in [0.05, 0.1) is 41.5 Å². The summed E-state index contributed by atoms with van der Waals surface area (Å²) in [7, 11) is 1.54. The van der Waals surface area contributed by atoms with Gasteiger partial charge in [-0.1, -0.05) is 29.8 Å². The summed E-state index contributed by atoms with van der Waals surface area (Å²) in [6, 6.07) is 6.90. The summed E-state index contributed by atoms with van der Waals surface area (Å²) in [6.07, 6.45) is 2.07. The second kappa shape index (κ2) is 11.8. The summed E-state index contributed by atoms with van der Waals surface area (Å²) in [4.78, 5) is 17.8. The maximum absolute atomic E-state index is 11.8. The molecule has 2 aromatic heterocycles. The Kier molecular flexibility index (Phi) is 6.05. The number of piperazine rings is 1. The number of esters is 1. The molecule has 7 nitrogen and oxygen atoms in total. The number of nitrogens with zero attached hydrogens (tertiary/aromatic N) is 4. The molecule has 0 spiro atoms. The van der Waals surface area contributed by atoms with Crippen LogP contribution in [0.5, 0.6) is 0 Å². The van der Waals surface area contributed by atoms with Gasteiger partial charge >= 0.3 is 5.97 Å². The smallest absolute Gasteiger partial charge is 0.302 e. The molecule has 0 bridgehead atoms. The number of aromatic nitrogens is 2. The number of carbonyl (C=O) groups is 1. The maximum Gasteiger partial charge on any atom is 0.302 e. The molecule has 8 heteroatoms. The summed E-state index contributed by atoms with van der Waals surface area (Å²) in [5.41, 5.74) is 2.88. The monoisotopic (exact) mass is 618 g/mol. The topological polar surface area (TPSA) is 59.8 Å². The van der Waals surface area contributed by atoms with Crippen LogP contribution in [0, 0.1) is 5.41 Å². The van der Waals surface area contributed by atoms with E-state index < -0.39 is 43.5 Å². The third-order valence-electron chi connectivity index (χ3n) is 7.40. The normalized spacial score (nSPS) is 25.4. The first-order valence-electron chi connectivity index (χ1n) is 17.7. The molecule has 1 atom stereocenters. The first-order valence-corrected chi connectivity index (χ1v) is 14.5. The standard InChI is InChI=1S/C32H43BrN4O3/c1-7-37-29-11-8-23(33)16-26(29)28(18-32(4,5)20-40-22(3)38)31(37)27-17-25(19-34-30(27)21(2)39-6)36-14-12-35(13-15-36)24-9-10-24/h8,11,16-17,19,21,24H,7,9-10,12-15,18,20H2,1-6H3/t21-/m0/s1/i12D2,13D2,14D2,15D2. The summed E-state index contributed by atoms with van der Waals surface area (Å²) in [5.74, 6) is -0.389. The summed E-state index contributed by atoms with van der Waals surface area (Å²) < 4.78 is 85.8. The number of pyridine rings is 1. The van der Waals surface area contributed by atoms with Crippen molar-refractivity contribution in [3.8, 4) is 11.3 Å². The van der Waals surface area contributed by atoms with Crippen LogP contribution >= 0.6 is 15.9 Å². The Morgan fingerprint density at radius 2 is 1.95 bits per heavy atom. The van der Waals surface area contributed by atoms with Crippen molar-refractivity contribution in [2.45, 2.75) is 72.6 Å². The number of rotatable bonds is 10. The fourth-order valence-corrected chi connectivity index (χ4v) is 5.52. The molecule has 3 aromatic rings. The molecular weight excluding hydrogens is 568 g/mol. The van der Waals surface area contributed by atoms with E-state index in [-0.39, 0.29) is 18.3 Å². The first-order chi connectivity index (χ1) is 22.1. The Hall–Kier alpha value is -2.42. The number of ether oxygens (including phenoxy) is 2. The van der Waals surface area contributed by atoms with Crippen molar-refractivity contribution >= 4 is 38.5 Å². The molecule has 2 fully saturated rings. The van der Waals surface area contributed by atoms with E-state index in [1.54, 1.807) is 6.07 Å². The van der Waals surface area contributed by atoms with Crippen LogP contribution in [0.15, 0.2) is 34.9 Å². The van der Waals surface area contributed by atoms with Gasteiger partial charge in [0.2, 0.25) is 0 Å². The molecule has 5 rings (SSSR count). The fourth-order valence-electron chi connectivity index (χ4n) is 5.16.